The van der Waals surface area contributed by atoms with Crippen molar-refractivity contribution >= 4 is 11.9 Å². The Morgan fingerprint density at radius 1 is 1.24 bits per heavy atom. The second kappa shape index (κ2) is 7.64. The highest BCUT2D eigenvalue weighted by atomic mass is 16.2. The topological polar surface area (TPSA) is 49.3 Å². The van der Waals surface area contributed by atoms with Gasteiger partial charge in [-0.05, 0) is 38.3 Å². The highest BCUT2D eigenvalue weighted by Gasteiger charge is 2.30. The molecule has 0 radical (unpaired) electrons. The molecule has 1 aromatic heterocycles. The van der Waals surface area contributed by atoms with Gasteiger partial charge in [0.2, 0.25) is 11.9 Å². The Hall–Kier alpha value is -2.43. The monoisotopic (exact) mass is 338 g/mol. The van der Waals surface area contributed by atoms with Gasteiger partial charge in [0, 0.05) is 32.5 Å². The molecule has 0 spiro atoms. The Morgan fingerprint density at radius 2 is 1.92 bits per heavy atom. The van der Waals surface area contributed by atoms with Gasteiger partial charge in [0.05, 0.1) is 12.0 Å². The zero-order valence-corrected chi connectivity index (χ0v) is 15.2. The lowest BCUT2D eigenvalue weighted by Gasteiger charge is -2.35. The number of carbonyl (C=O) groups is 1. The molecule has 25 heavy (non-hydrogen) atoms. The van der Waals surface area contributed by atoms with Gasteiger partial charge in [0.25, 0.3) is 0 Å². The number of hydrogen-bond acceptors (Lipinski definition) is 4. The zero-order valence-electron chi connectivity index (χ0n) is 15.2. The summed E-state index contributed by atoms with van der Waals surface area (Å²) in [7, 11) is 1.91. The molecule has 0 saturated carbocycles. The maximum absolute atomic E-state index is 13.0. The first-order chi connectivity index (χ1) is 12.1. The predicted octanol–water partition coefficient (Wildman–Crippen LogP) is 3.22. The SMILES string of the molecule is Cc1ccc(C(C)N(C)C(=O)C2CCCN(c3ncccn3)C2)cc1. The van der Waals surface area contributed by atoms with E-state index in [-0.39, 0.29) is 17.9 Å². The van der Waals surface area contributed by atoms with E-state index in [0.717, 1.165) is 19.4 Å². The third-order valence-electron chi connectivity index (χ3n) is 5.09. The number of benzene rings is 1. The molecule has 0 aliphatic carbocycles. The summed E-state index contributed by atoms with van der Waals surface area (Å²) in [5.41, 5.74) is 2.40. The van der Waals surface area contributed by atoms with Gasteiger partial charge in [-0.3, -0.25) is 4.79 Å². The van der Waals surface area contributed by atoms with Gasteiger partial charge in [0.15, 0.2) is 0 Å². The summed E-state index contributed by atoms with van der Waals surface area (Å²) < 4.78 is 0. The first-order valence-corrected chi connectivity index (χ1v) is 8.91. The zero-order chi connectivity index (χ0) is 17.8. The number of amides is 1. The van der Waals surface area contributed by atoms with Gasteiger partial charge in [-0.1, -0.05) is 29.8 Å². The summed E-state index contributed by atoms with van der Waals surface area (Å²) in [5.74, 6) is 0.915. The Kier molecular flexibility index (Phi) is 5.31. The molecule has 1 aliphatic heterocycles. The van der Waals surface area contributed by atoms with Crippen molar-refractivity contribution in [3.63, 3.8) is 0 Å². The highest BCUT2D eigenvalue weighted by Crippen LogP contribution is 2.26. The summed E-state index contributed by atoms with van der Waals surface area (Å²) in [6.45, 7) is 5.76. The number of aryl methyl sites for hydroxylation is 1. The normalized spacial score (nSPS) is 18.7. The fraction of sp³-hybridized carbons (Fsp3) is 0.450. The van der Waals surface area contributed by atoms with E-state index in [1.807, 2.05) is 18.0 Å². The lowest BCUT2D eigenvalue weighted by molar-refractivity contribution is -0.136. The fourth-order valence-corrected chi connectivity index (χ4v) is 3.36. The summed E-state index contributed by atoms with van der Waals surface area (Å²) in [6, 6.07) is 10.3. The highest BCUT2D eigenvalue weighted by molar-refractivity contribution is 5.80. The first kappa shape index (κ1) is 17.4. The average Bonchev–Trinajstić information content (AvgIpc) is 2.67. The second-order valence-corrected chi connectivity index (χ2v) is 6.87. The third-order valence-corrected chi connectivity index (χ3v) is 5.09. The van der Waals surface area contributed by atoms with Crippen LogP contribution in [0.25, 0.3) is 0 Å². The predicted molar refractivity (Wildman–Crippen MR) is 99.3 cm³/mol. The fourth-order valence-electron chi connectivity index (χ4n) is 3.36. The Balaban J connectivity index is 1.68. The Morgan fingerprint density at radius 3 is 2.60 bits per heavy atom. The van der Waals surface area contributed by atoms with Crippen LogP contribution < -0.4 is 4.90 Å². The molecule has 5 heteroatoms. The molecule has 3 rings (SSSR count). The molecule has 0 bridgehead atoms. The Bertz CT molecular complexity index is 701. The molecule has 0 N–H and O–H groups in total. The maximum atomic E-state index is 13.0. The van der Waals surface area contributed by atoms with Gasteiger partial charge < -0.3 is 9.80 Å². The third kappa shape index (κ3) is 3.98. The minimum Gasteiger partial charge on any atom is -0.340 e. The number of carbonyl (C=O) groups excluding carboxylic acids is 1. The molecular weight excluding hydrogens is 312 g/mol. The quantitative estimate of drug-likeness (QED) is 0.859. The molecule has 5 nitrogen and oxygen atoms in total. The summed E-state index contributed by atoms with van der Waals surface area (Å²) >= 11 is 0. The van der Waals surface area contributed by atoms with Crippen LogP contribution in [0.1, 0.15) is 36.9 Å². The van der Waals surface area contributed by atoms with Crippen LogP contribution in [-0.4, -0.2) is 40.9 Å². The Labute approximate surface area is 149 Å². The number of piperidine rings is 1. The van der Waals surface area contributed by atoms with E-state index in [0.29, 0.717) is 12.5 Å². The van der Waals surface area contributed by atoms with Crippen LogP contribution in [0.4, 0.5) is 5.95 Å². The number of anilines is 1. The van der Waals surface area contributed by atoms with E-state index in [1.165, 1.54) is 11.1 Å². The van der Waals surface area contributed by atoms with E-state index in [9.17, 15) is 4.79 Å². The molecule has 1 aromatic carbocycles. The van der Waals surface area contributed by atoms with Crippen LogP contribution in [-0.2, 0) is 4.79 Å². The molecule has 1 saturated heterocycles. The largest absolute Gasteiger partial charge is 0.340 e. The number of nitrogens with zero attached hydrogens (tertiary/aromatic N) is 4. The van der Waals surface area contributed by atoms with Crippen molar-refractivity contribution in [2.75, 3.05) is 25.0 Å². The molecule has 1 aliphatic rings. The van der Waals surface area contributed by atoms with Crippen LogP contribution in [0, 0.1) is 12.8 Å². The average molecular weight is 338 g/mol. The van der Waals surface area contributed by atoms with Crippen molar-refractivity contribution in [2.45, 2.75) is 32.7 Å². The van der Waals surface area contributed by atoms with Crippen molar-refractivity contribution in [1.82, 2.24) is 14.9 Å². The summed E-state index contributed by atoms with van der Waals surface area (Å²) in [5, 5.41) is 0. The van der Waals surface area contributed by atoms with E-state index in [2.05, 4.69) is 53.0 Å². The van der Waals surface area contributed by atoms with Crippen molar-refractivity contribution in [1.29, 1.82) is 0 Å². The maximum Gasteiger partial charge on any atom is 0.227 e. The van der Waals surface area contributed by atoms with Gasteiger partial charge in [-0.2, -0.15) is 0 Å². The second-order valence-electron chi connectivity index (χ2n) is 6.87. The standard InChI is InChI=1S/C20H26N4O/c1-15-7-9-17(10-8-15)16(2)23(3)19(25)18-6-4-13-24(14-18)20-21-11-5-12-22-20/h5,7-12,16,18H,4,6,13-14H2,1-3H3. The lowest BCUT2D eigenvalue weighted by atomic mass is 9.95. The molecule has 132 valence electrons. The van der Waals surface area contributed by atoms with E-state index < -0.39 is 0 Å². The van der Waals surface area contributed by atoms with Crippen LogP contribution in [0.3, 0.4) is 0 Å². The minimum atomic E-state index is -0.00421. The molecule has 1 amide bonds. The minimum absolute atomic E-state index is 0.00421. The van der Waals surface area contributed by atoms with Crippen LogP contribution >= 0.6 is 0 Å². The van der Waals surface area contributed by atoms with E-state index >= 15 is 0 Å². The molecule has 2 heterocycles. The molecule has 2 unspecified atom stereocenters. The van der Waals surface area contributed by atoms with Crippen molar-refractivity contribution in [2.24, 2.45) is 5.92 Å². The smallest absolute Gasteiger partial charge is 0.227 e. The number of rotatable bonds is 4. The summed E-state index contributed by atoms with van der Waals surface area (Å²) in [6.07, 6.45) is 5.41. The van der Waals surface area contributed by atoms with Gasteiger partial charge in [-0.25, -0.2) is 9.97 Å². The van der Waals surface area contributed by atoms with E-state index in [1.54, 1.807) is 12.4 Å². The molecule has 1 fully saturated rings. The molecular formula is C20H26N4O. The van der Waals surface area contributed by atoms with Crippen LogP contribution in [0.15, 0.2) is 42.7 Å². The lowest BCUT2D eigenvalue weighted by Crippen LogP contribution is -2.44. The van der Waals surface area contributed by atoms with Crippen LogP contribution in [0.5, 0.6) is 0 Å². The number of hydrogen-bond donors (Lipinski definition) is 0. The number of aromatic nitrogens is 2. The summed E-state index contributed by atoms with van der Waals surface area (Å²) in [4.78, 5) is 25.7. The van der Waals surface area contributed by atoms with Crippen LogP contribution in [0.2, 0.25) is 0 Å². The van der Waals surface area contributed by atoms with Crippen molar-refractivity contribution in [3.8, 4) is 0 Å². The van der Waals surface area contributed by atoms with Crippen molar-refractivity contribution < 1.29 is 4.79 Å². The molecule has 2 atom stereocenters. The van der Waals surface area contributed by atoms with Gasteiger partial charge >= 0.3 is 0 Å². The first-order valence-electron chi connectivity index (χ1n) is 8.91. The van der Waals surface area contributed by atoms with Crippen molar-refractivity contribution in [3.05, 3.63) is 53.9 Å². The van der Waals surface area contributed by atoms with E-state index in [4.69, 9.17) is 0 Å². The van der Waals surface area contributed by atoms with Gasteiger partial charge in [-0.15, -0.1) is 0 Å². The van der Waals surface area contributed by atoms with Gasteiger partial charge in [0.1, 0.15) is 0 Å². The molecule has 2 aromatic rings.